The van der Waals surface area contributed by atoms with Crippen molar-refractivity contribution in [3.63, 3.8) is 0 Å². The van der Waals surface area contributed by atoms with Crippen molar-refractivity contribution in [3.05, 3.63) is 11.3 Å². The summed E-state index contributed by atoms with van der Waals surface area (Å²) >= 11 is 0. The SMILES string of the molecule is CN(C)S(=O)(=O)Nc1c2c(nn1C)CCN(C(=O)OC(C)(C)C)C2. The molecule has 0 saturated carbocycles. The number of hydrogen-bond acceptors (Lipinski definition) is 5. The molecule has 0 aliphatic carbocycles. The first-order valence-corrected chi connectivity index (χ1v) is 9.07. The van der Waals surface area contributed by atoms with Crippen LogP contribution in [0.3, 0.4) is 0 Å². The van der Waals surface area contributed by atoms with E-state index >= 15 is 0 Å². The summed E-state index contributed by atoms with van der Waals surface area (Å²) in [5, 5.41) is 4.36. The highest BCUT2D eigenvalue weighted by molar-refractivity contribution is 7.90. The second kappa shape index (κ2) is 6.25. The molecule has 24 heavy (non-hydrogen) atoms. The Balaban J connectivity index is 2.26. The first kappa shape index (κ1) is 18.5. The van der Waals surface area contributed by atoms with Crippen LogP contribution in [0.15, 0.2) is 0 Å². The molecule has 0 spiro atoms. The summed E-state index contributed by atoms with van der Waals surface area (Å²) in [5.41, 5.74) is 0.899. The number of ether oxygens (including phenoxy) is 1. The molecule has 2 heterocycles. The number of carbonyl (C=O) groups is 1. The molecule has 1 aliphatic rings. The molecular weight excluding hydrogens is 334 g/mol. The molecule has 1 N–H and O–H groups in total. The molecule has 1 aliphatic heterocycles. The van der Waals surface area contributed by atoms with Gasteiger partial charge in [-0.1, -0.05) is 0 Å². The molecule has 0 bridgehead atoms. The molecular formula is C14H25N5O4S. The van der Waals surface area contributed by atoms with Gasteiger partial charge >= 0.3 is 16.3 Å². The Morgan fingerprint density at radius 1 is 1.33 bits per heavy atom. The Morgan fingerprint density at radius 2 is 1.96 bits per heavy atom. The van der Waals surface area contributed by atoms with Crippen molar-refractivity contribution in [1.29, 1.82) is 0 Å². The van der Waals surface area contributed by atoms with Gasteiger partial charge in [0.2, 0.25) is 0 Å². The summed E-state index contributed by atoms with van der Waals surface area (Å²) in [4.78, 5) is 13.8. The third-order valence-electron chi connectivity index (χ3n) is 3.55. The van der Waals surface area contributed by atoms with Crippen molar-refractivity contribution >= 4 is 22.1 Å². The van der Waals surface area contributed by atoms with Gasteiger partial charge in [0, 0.05) is 39.7 Å². The van der Waals surface area contributed by atoms with Crippen LogP contribution in [-0.2, 0) is 35.0 Å². The zero-order chi connectivity index (χ0) is 18.3. The second-order valence-corrected chi connectivity index (χ2v) is 8.82. The minimum Gasteiger partial charge on any atom is -0.444 e. The maximum atomic E-state index is 12.3. The molecule has 10 heteroatoms. The first-order valence-electron chi connectivity index (χ1n) is 7.63. The van der Waals surface area contributed by atoms with Crippen LogP contribution in [0.1, 0.15) is 32.0 Å². The fourth-order valence-corrected chi connectivity index (χ4v) is 3.01. The molecule has 0 fully saturated rings. The fraction of sp³-hybridized carbons (Fsp3) is 0.714. The number of aromatic nitrogens is 2. The first-order chi connectivity index (χ1) is 10.9. The molecule has 136 valence electrons. The monoisotopic (exact) mass is 359 g/mol. The number of nitrogens with zero attached hydrogens (tertiary/aromatic N) is 4. The highest BCUT2D eigenvalue weighted by Gasteiger charge is 2.31. The van der Waals surface area contributed by atoms with Gasteiger partial charge in [0.25, 0.3) is 0 Å². The van der Waals surface area contributed by atoms with E-state index in [1.165, 1.54) is 18.8 Å². The van der Waals surface area contributed by atoms with Gasteiger partial charge in [0.15, 0.2) is 0 Å². The molecule has 1 aromatic heterocycles. The van der Waals surface area contributed by atoms with Gasteiger partial charge in [0.1, 0.15) is 11.4 Å². The Kier molecular flexibility index (Phi) is 4.82. The van der Waals surface area contributed by atoms with Gasteiger partial charge in [-0.25, -0.2) is 4.79 Å². The van der Waals surface area contributed by atoms with Crippen molar-refractivity contribution in [2.45, 2.75) is 39.3 Å². The lowest BCUT2D eigenvalue weighted by Crippen LogP contribution is -2.40. The van der Waals surface area contributed by atoms with Gasteiger partial charge in [-0.3, -0.25) is 9.40 Å². The molecule has 9 nitrogen and oxygen atoms in total. The second-order valence-electron chi connectivity index (χ2n) is 6.94. The van der Waals surface area contributed by atoms with E-state index in [0.29, 0.717) is 24.3 Å². The lowest BCUT2D eigenvalue weighted by molar-refractivity contribution is 0.0224. The van der Waals surface area contributed by atoms with Crippen LogP contribution in [0.5, 0.6) is 0 Å². The van der Waals surface area contributed by atoms with Crippen LogP contribution in [0, 0.1) is 0 Å². The standard InChI is InChI=1S/C14H25N5O4S/c1-14(2,3)23-13(20)19-8-7-11-10(9-19)12(18(6)15-11)16-24(21,22)17(4)5/h16H,7-9H2,1-6H3. The third-order valence-corrected chi connectivity index (χ3v) is 4.97. The Hall–Kier alpha value is -1.81. The van der Waals surface area contributed by atoms with Crippen molar-refractivity contribution in [2.24, 2.45) is 7.05 Å². The molecule has 0 aromatic carbocycles. The van der Waals surface area contributed by atoms with Crippen molar-refractivity contribution < 1.29 is 17.9 Å². The van der Waals surface area contributed by atoms with Crippen LogP contribution in [0.4, 0.5) is 10.6 Å². The van der Waals surface area contributed by atoms with Gasteiger partial charge < -0.3 is 9.64 Å². The third kappa shape index (κ3) is 3.99. The number of fused-ring (bicyclic) bond motifs is 1. The quantitative estimate of drug-likeness (QED) is 0.866. The smallest absolute Gasteiger partial charge is 0.410 e. The van der Waals surface area contributed by atoms with Crippen molar-refractivity contribution in [2.75, 3.05) is 25.4 Å². The van der Waals surface area contributed by atoms with Crippen LogP contribution < -0.4 is 4.72 Å². The van der Waals surface area contributed by atoms with Crippen molar-refractivity contribution in [3.8, 4) is 0 Å². The lowest BCUT2D eigenvalue weighted by Gasteiger charge is -2.30. The molecule has 1 amide bonds. The van der Waals surface area contributed by atoms with E-state index in [1.807, 2.05) is 0 Å². The lowest BCUT2D eigenvalue weighted by atomic mass is 10.1. The maximum absolute atomic E-state index is 12.3. The molecule has 0 unspecified atom stereocenters. The molecule has 0 radical (unpaired) electrons. The number of carbonyl (C=O) groups excluding carboxylic acids is 1. The van der Waals surface area contributed by atoms with Crippen LogP contribution in [0.25, 0.3) is 0 Å². The number of nitrogens with one attached hydrogen (secondary N) is 1. The summed E-state index contributed by atoms with van der Waals surface area (Å²) in [7, 11) is 0.900. The van der Waals surface area contributed by atoms with E-state index in [0.717, 1.165) is 10.00 Å². The largest absolute Gasteiger partial charge is 0.444 e. The predicted molar refractivity (Wildman–Crippen MR) is 89.8 cm³/mol. The highest BCUT2D eigenvalue weighted by atomic mass is 32.2. The number of aryl methyl sites for hydroxylation is 1. The predicted octanol–water partition coefficient (Wildman–Crippen LogP) is 0.932. The normalized spacial score (nSPS) is 15.4. The maximum Gasteiger partial charge on any atom is 0.410 e. The summed E-state index contributed by atoms with van der Waals surface area (Å²) in [6, 6.07) is 0. The van der Waals surface area contributed by atoms with Crippen LogP contribution in [0.2, 0.25) is 0 Å². The average molecular weight is 359 g/mol. The molecule has 0 atom stereocenters. The summed E-state index contributed by atoms with van der Waals surface area (Å²) in [5.74, 6) is 0.368. The van der Waals surface area contributed by atoms with Gasteiger partial charge in [0.05, 0.1) is 12.2 Å². The number of hydrogen-bond donors (Lipinski definition) is 1. The van der Waals surface area contributed by atoms with Gasteiger partial charge in [-0.05, 0) is 20.8 Å². The summed E-state index contributed by atoms with van der Waals surface area (Å²) in [6.07, 6.45) is 0.130. The van der Waals surface area contributed by atoms with Gasteiger partial charge in [-0.15, -0.1) is 0 Å². The summed E-state index contributed by atoms with van der Waals surface area (Å²) in [6.45, 7) is 6.16. The summed E-state index contributed by atoms with van der Waals surface area (Å²) < 4.78 is 34.7. The zero-order valence-corrected chi connectivity index (χ0v) is 15.8. The highest BCUT2D eigenvalue weighted by Crippen LogP contribution is 2.27. The minimum atomic E-state index is -3.66. The average Bonchev–Trinajstić information content (AvgIpc) is 2.72. The number of rotatable bonds is 3. The van der Waals surface area contributed by atoms with Crippen molar-refractivity contribution in [1.82, 2.24) is 19.0 Å². The number of amides is 1. The van der Waals surface area contributed by atoms with Crippen LogP contribution in [-0.4, -0.2) is 59.7 Å². The van der Waals surface area contributed by atoms with E-state index in [2.05, 4.69) is 9.82 Å². The topological polar surface area (TPSA) is 96.8 Å². The minimum absolute atomic E-state index is 0.253. The van der Waals surface area contributed by atoms with E-state index in [1.54, 1.807) is 32.7 Å². The van der Waals surface area contributed by atoms with E-state index in [9.17, 15) is 13.2 Å². The fourth-order valence-electron chi connectivity index (χ4n) is 2.32. The molecule has 0 saturated heterocycles. The van der Waals surface area contributed by atoms with E-state index in [4.69, 9.17) is 4.74 Å². The van der Waals surface area contributed by atoms with Gasteiger partial charge in [-0.2, -0.15) is 17.8 Å². The Morgan fingerprint density at radius 3 is 2.50 bits per heavy atom. The van der Waals surface area contributed by atoms with Crippen LogP contribution >= 0.6 is 0 Å². The van der Waals surface area contributed by atoms with E-state index < -0.39 is 21.9 Å². The Bertz CT molecular complexity index is 733. The Labute approximate surface area is 142 Å². The molecule has 1 aromatic rings. The zero-order valence-electron chi connectivity index (χ0n) is 15.0. The number of anilines is 1. The molecule has 2 rings (SSSR count). The van der Waals surface area contributed by atoms with E-state index in [-0.39, 0.29) is 6.54 Å².